The number of aromatic nitrogens is 3. The zero-order chi connectivity index (χ0) is 20.8. The van der Waals surface area contributed by atoms with E-state index in [1.54, 1.807) is 48.5 Å². The van der Waals surface area contributed by atoms with Gasteiger partial charge in [0.05, 0.1) is 12.8 Å². The number of rotatable bonds is 7. The summed E-state index contributed by atoms with van der Waals surface area (Å²) in [5.74, 6) is -0.364. The lowest BCUT2D eigenvalue weighted by Crippen LogP contribution is -2.25. The summed E-state index contributed by atoms with van der Waals surface area (Å²) in [6.45, 7) is 0.0674. The molecule has 150 valence electrons. The predicted molar refractivity (Wildman–Crippen MR) is 109 cm³/mol. The minimum atomic E-state index is -0.492. The fourth-order valence-corrected chi connectivity index (χ4v) is 2.67. The summed E-state index contributed by atoms with van der Waals surface area (Å²) in [6, 6.07) is 14.0. The van der Waals surface area contributed by atoms with Gasteiger partial charge < -0.3 is 21.1 Å². The van der Waals surface area contributed by atoms with Crippen molar-refractivity contribution in [3.8, 4) is 5.75 Å². The smallest absolute Gasteiger partial charge is 0.275 e. The highest BCUT2D eigenvalue weighted by molar-refractivity contribution is 6.30. The van der Waals surface area contributed by atoms with Gasteiger partial charge in [0.25, 0.3) is 5.91 Å². The zero-order valence-corrected chi connectivity index (χ0v) is 16.3. The molecule has 10 heteroatoms. The molecule has 0 aliphatic carbocycles. The number of anilines is 2. The molecular weight excluding hydrogens is 396 g/mol. The van der Waals surface area contributed by atoms with Crippen LogP contribution < -0.4 is 21.1 Å². The number of nitrogens with one attached hydrogen (secondary N) is 2. The molecule has 0 aliphatic heterocycles. The normalized spacial score (nSPS) is 10.4. The van der Waals surface area contributed by atoms with Crippen LogP contribution >= 0.6 is 11.6 Å². The van der Waals surface area contributed by atoms with E-state index in [4.69, 9.17) is 22.1 Å². The highest BCUT2D eigenvalue weighted by Gasteiger charge is 2.19. The van der Waals surface area contributed by atoms with Crippen LogP contribution in [0.25, 0.3) is 0 Å². The number of benzene rings is 2. The second kappa shape index (κ2) is 9.07. The van der Waals surface area contributed by atoms with Crippen molar-refractivity contribution in [1.82, 2.24) is 20.3 Å². The third-order valence-electron chi connectivity index (χ3n) is 4.03. The third kappa shape index (κ3) is 5.02. The molecule has 2 amide bonds. The lowest BCUT2D eigenvalue weighted by molar-refractivity contribution is -0.116. The number of nitrogens with two attached hydrogens (primary N) is 1. The molecule has 0 bridgehead atoms. The molecule has 3 aromatic rings. The van der Waals surface area contributed by atoms with E-state index in [-0.39, 0.29) is 30.5 Å². The molecule has 0 saturated heterocycles. The van der Waals surface area contributed by atoms with E-state index in [9.17, 15) is 9.59 Å². The Morgan fingerprint density at radius 2 is 1.90 bits per heavy atom. The van der Waals surface area contributed by atoms with Crippen LogP contribution in [0.3, 0.4) is 0 Å². The van der Waals surface area contributed by atoms with E-state index < -0.39 is 5.91 Å². The molecular formula is C19H19ClN6O3. The Labute approximate surface area is 171 Å². The van der Waals surface area contributed by atoms with E-state index in [0.29, 0.717) is 16.5 Å². The first-order chi connectivity index (χ1) is 14.0. The predicted octanol–water partition coefficient (Wildman–Crippen LogP) is 2.09. The Morgan fingerprint density at radius 1 is 1.17 bits per heavy atom. The van der Waals surface area contributed by atoms with Gasteiger partial charge in [0.2, 0.25) is 5.91 Å². The van der Waals surface area contributed by atoms with Crippen LogP contribution in [0.4, 0.5) is 11.5 Å². The van der Waals surface area contributed by atoms with Gasteiger partial charge in [-0.1, -0.05) is 41.1 Å². The van der Waals surface area contributed by atoms with Crippen LogP contribution in [-0.2, 0) is 17.9 Å². The number of nitrogen functional groups attached to an aromatic ring is 1. The highest BCUT2D eigenvalue weighted by atomic mass is 35.5. The number of methoxy groups -OCH3 is 1. The van der Waals surface area contributed by atoms with Crippen LogP contribution in [0, 0.1) is 0 Å². The fraction of sp³-hybridized carbons (Fsp3) is 0.158. The Balaban J connectivity index is 1.61. The second-order valence-electron chi connectivity index (χ2n) is 6.04. The molecule has 1 aromatic heterocycles. The molecule has 0 saturated carbocycles. The van der Waals surface area contributed by atoms with Crippen LogP contribution in [0.1, 0.15) is 16.1 Å². The summed E-state index contributed by atoms with van der Waals surface area (Å²) in [4.78, 5) is 24.6. The molecule has 4 N–H and O–H groups in total. The highest BCUT2D eigenvalue weighted by Crippen LogP contribution is 2.23. The van der Waals surface area contributed by atoms with Gasteiger partial charge in [0, 0.05) is 11.6 Å². The summed E-state index contributed by atoms with van der Waals surface area (Å²) in [7, 11) is 1.51. The maximum atomic E-state index is 12.3. The number of nitrogens with zero attached hydrogens (tertiary/aromatic N) is 3. The van der Waals surface area contributed by atoms with Crippen LogP contribution in [0.2, 0.25) is 5.02 Å². The van der Waals surface area contributed by atoms with Gasteiger partial charge in [-0.2, -0.15) is 0 Å². The number of carbonyl (C=O) groups is 2. The number of ether oxygens (including phenoxy) is 1. The topological polar surface area (TPSA) is 124 Å². The standard InChI is InChI=1S/C19H19ClN6O3/c1-29-15-5-3-2-4-14(15)23-16(27)11-26-18(21)17(24-25-26)19(28)22-10-12-6-8-13(20)9-7-12/h2-9H,10-11,21H2,1H3,(H,22,28)(H,23,27). The van der Waals surface area contributed by atoms with Gasteiger partial charge in [-0.25, -0.2) is 4.68 Å². The average Bonchev–Trinajstić information content (AvgIpc) is 3.08. The molecule has 3 rings (SSSR count). The number of carbonyl (C=O) groups excluding carboxylic acids is 2. The lowest BCUT2D eigenvalue weighted by Gasteiger charge is -2.10. The lowest BCUT2D eigenvalue weighted by atomic mass is 10.2. The summed E-state index contributed by atoms with van der Waals surface area (Å²) >= 11 is 5.84. The largest absolute Gasteiger partial charge is 0.495 e. The van der Waals surface area contributed by atoms with Gasteiger partial charge >= 0.3 is 0 Å². The fourth-order valence-electron chi connectivity index (χ4n) is 2.54. The Hall–Kier alpha value is -3.59. The molecule has 29 heavy (non-hydrogen) atoms. The minimum absolute atomic E-state index is 0.00576. The van der Waals surface area contributed by atoms with Crippen LogP contribution in [-0.4, -0.2) is 33.9 Å². The number of hydrogen-bond donors (Lipinski definition) is 3. The van der Waals surface area contributed by atoms with E-state index >= 15 is 0 Å². The Morgan fingerprint density at radius 3 is 2.62 bits per heavy atom. The molecule has 0 atom stereocenters. The molecule has 0 spiro atoms. The van der Waals surface area contributed by atoms with Crippen molar-refractivity contribution in [1.29, 1.82) is 0 Å². The first-order valence-corrected chi connectivity index (χ1v) is 9.00. The minimum Gasteiger partial charge on any atom is -0.495 e. The maximum Gasteiger partial charge on any atom is 0.275 e. The van der Waals surface area contributed by atoms with E-state index in [1.807, 2.05) is 0 Å². The monoisotopic (exact) mass is 414 g/mol. The van der Waals surface area contributed by atoms with Gasteiger partial charge in [-0.15, -0.1) is 5.10 Å². The zero-order valence-electron chi connectivity index (χ0n) is 15.6. The van der Waals surface area contributed by atoms with Gasteiger partial charge in [0.1, 0.15) is 12.3 Å². The SMILES string of the molecule is COc1ccccc1NC(=O)Cn1nnc(C(=O)NCc2ccc(Cl)cc2)c1N. The van der Waals surface area contributed by atoms with E-state index in [0.717, 1.165) is 10.2 Å². The number of halogens is 1. The Kier molecular flexibility index (Phi) is 6.30. The van der Waals surface area contributed by atoms with Crippen molar-refractivity contribution in [2.24, 2.45) is 0 Å². The second-order valence-corrected chi connectivity index (χ2v) is 6.47. The number of hydrogen-bond acceptors (Lipinski definition) is 6. The first-order valence-electron chi connectivity index (χ1n) is 8.62. The molecule has 2 aromatic carbocycles. The molecule has 9 nitrogen and oxygen atoms in total. The number of amides is 2. The van der Waals surface area contributed by atoms with Crippen molar-refractivity contribution in [3.63, 3.8) is 0 Å². The Bertz CT molecular complexity index is 1020. The summed E-state index contributed by atoms with van der Waals surface area (Å²) < 4.78 is 6.35. The van der Waals surface area contributed by atoms with Crippen molar-refractivity contribution in [3.05, 3.63) is 64.8 Å². The summed E-state index contributed by atoms with van der Waals surface area (Å²) in [6.07, 6.45) is 0. The maximum absolute atomic E-state index is 12.3. The van der Waals surface area contributed by atoms with E-state index in [1.165, 1.54) is 7.11 Å². The quantitative estimate of drug-likeness (QED) is 0.543. The third-order valence-corrected chi connectivity index (χ3v) is 4.28. The number of para-hydroxylation sites is 2. The first kappa shape index (κ1) is 20.2. The molecule has 0 radical (unpaired) electrons. The average molecular weight is 415 g/mol. The van der Waals surface area contributed by atoms with Crippen LogP contribution in [0.5, 0.6) is 5.75 Å². The van der Waals surface area contributed by atoms with Gasteiger partial charge in [-0.05, 0) is 29.8 Å². The van der Waals surface area contributed by atoms with Gasteiger partial charge in [-0.3, -0.25) is 9.59 Å². The van der Waals surface area contributed by atoms with Crippen molar-refractivity contribution < 1.29 is 14.3 Å². The van der Waals surface area contributed by atoms with Crippen molar-refractivity contribution in [2.75, 3.05) is 18.2 Å². The van der Waals surface area contributed by atoms with Crippen LogP contribution in [0.15, 0.2) is 48.5 Å². The van der Waals surface area contributed by atoms with Crippen molar-refractivity contribution >= 4 is 34.9 Å². The van der Waals surface area contributed by atoms with Crippen molar-refractivity contribution in [2.45, 2.75) is 13.1 Å². The van der Waals surface area contributed by atoms with Gasteiger partial charge in [0.15, 0.2) is 11.5 Å². The molecule has 0 unspecified atom stereocenters. The summed E-state index contributed by atoms with van der Waals surface area (Å²) in [5.41, 5.74) is 7.27. The molecule has 0 aliphatic rings. The summed E-state index contributed by atoms with van der Waals surface area (Å²) in [5, 5.41) is 13.6. The molecule has 1 heterocycles. The van der Waals surface area contributed by atoms with E-state index in [2.05, 4.69) is 20.9 Å². The molecule has 0 fully saturated rings.